The largest absolute Gasteiger partial charge is 0.483 e. The van der Waals surface area contributed by atoms with Gasteiger partial charge in [0.15, 0.2) is 79.4 Å². The summed E-state index contributed by atoms with van der Waals surface area (Å²) in [6.07, 6.45) is 0.0167. The zero-order valence-corrected chi connectivity index (χ0v) is 48.7. The van der Waals surface area contributed by atoms with Gasteiger partial charge in [-0.05, 0) is 79.4 Å². The minimum atomic E-state index is -1.76. The first-order valence-corrected chi connectivity index (χ1v) is 24.3. The number of carboxylic acids is 1. The van der Waals surface area contributed by atoms with Gasteiger partial charge in [0.25, 0.3) is 0 Å². The summed E-state index contributed by atoms with van der Waals surface area (Å²) in [7, 11) is 0. The Labute approximate surface area is 526 Å². The number of rotatable bonds is 11. The van der Waals surface area contributed by atoms with E-state index in [9.17, 15) is 88.6 Å². The summed E-state index contributed by atoms with van der Waals surface area (Å²) in [6, 6.07) is 6.19. The molecular weight excluding hydrogens is 1450 g/mol. The summed E-state index contributed by atoms with van der Waals surface area (Å²) in [4.78, 5) is 21.1. The molecule has 31 heteroatoms. The molecule has 0 radical (unpaired) electrons. The van der Waals surface area contributed by atoms with Gasteiger partial charge in [-0.1, -0.05) is 61.3 Å². The average Bonchev–Trinajstić information content (AvgIpc) is 3.60. The van der Waals surface area contributed by atoms with Crippen molar-refractivity contribution in [3.63, 3.8) is 0 Å². The van der Waals surface area contributed by atoms with Crippen molar-refractivity contribution in [3.8, 4) is 11.3 Å². The second kappa shape index (κ2) is 40.9. The smallest absolute Gasteiger partial charge is 0.310 e. The highest BCUT2D eigenvalue weighted by Gasteiger charge is 2.30. The maximum atomic E-state index is 13.1. The number of ether oxygens (including phenoxy) is 2. The molecule has 1 N–H and O–H groups in total. The van der Waals surface area contributed by atoms with Crippen LogP contribution in [0.25, 0.3) is 11.1 Å². The molecule has 0 amide bonds. The van der Waals surface area contributed by atoms with Crippen LogP contribution in [0.5, 0.6) is 0 Å². The first-order valence-electron chi connectivity index (χ1n) is 21.4. The molecule has 5 nitrogen and oxygen atoms in total. The van der Waals surface area contributed by atoms with Crippen LogP contribution >= 0.6 is 105 Å². The fraction of sp³-hybridized carbons (Fsp3) is 0.185. The van der Waals surface area contributed by atoms with E-state index in [-0.39, 0.29) is 94.9 Å². The van der Waals surface area contributed by atoms with Crippen molar-refractivity contribution in [1.82, 2.24) is 0 Å². The summed E-state index contributed by atoms with van der Waals surface area (Å²) >= 11 is 37.6. The summed E-state index contributed by atoms with van der Waals surface area (Å²) in [5, 5.41) is 9.87. The molecule has 0 aliphatic heterocycles. The Morgan fingerprint density at radius 3 is 1.33 bits per heavy atom. The summed E-state index contributed by atoms with van der Waals surface area (Å²) in [6.45, 7) is 3.75. The van der Waals surface area contributed by atoms with E-state index in [0.29, 0.717) is 79.4 Å². The fourth-order valence-corrected chi connectivity index (χ4v) is 6.21. The molecule has 85 heavy (non-hydrogen) atoms. The van der Waals surface area contributed by atoms with E-state index in [1.54, 1.807) is 13.8 Å². The van der Waals surface area contributed by atoms with E-state index >= 15 is 0 Å². The van der Waals surface area contributed by atoms with E-state index in [0.717, 1.165) is 11.6 Å². The molecule has 0 fully saturated rings. The standard InChI is InChI=1S/C10H8ClF3O.C10H9F3O2.C8H4Cl3F3.C8H3Cl2F3.C8H2ClF3.C8H5F3O2.2CH4.HI/c1-2-15-10(11)4-6-3-8(13)9(14)5-7(6)12;1-2-15-10(14)4-6-3-8(12)9(13)5-7(6)11;9-3-8(10,11)4-1-6(13)7(14)2-5(4)12;9-3-5(10)4-1-7(12)8(13)2-6(4)11;9-2-1-5-3-7(11)8(12)4-6(5)10;9-5-3-7(11)6(10)1-4(5)2-8(12)13;;;/h3-5H,2H2,1H3;3,5H,2,4H2,1H3;1-2H,3H2;1-3H;3-4H;1,3H,2H2,(H,12,13);2*1H4;1H. The second-order valence-electron chi connectivity index (χ2n) is 14.7. The number of hydrogen-bond donors (Lipinski definition) is 1. The number of hydrogen-bond acceptors (Lipinski definition) is 4. The van der Waals surface area contributed by atoms with Gasteiger partial charge in [0, 0.05) is 81.2 Å². The quantitative estimate of drug-likeness (QED) is 0.0266. The van der Waals surface area contributed by atoms with Crippen molar-refractivity contribution >= 4 is 128 Å². The van der Waals surface area contributed by atoms with Crippen LogP contribution in [0.3, 0.4) is 0 Å². The average molecular weight is 1490 g/mol. The Morgan fingerprint density at radius 2 is 0.894 bits per heavy atom. The lowest BCUT2D eigenvalue weighted by atomic mass is 10.1. The van der Waals surface area contributed by atoms with Crippen molar-refractivity contribution in [1.29, 1.82) is 0 Å². The Kier molecular flexibility index (Phi) is 40.3. The van der Waals surface area contributed by atoms with Gasteiger partial charge in [0.05, 0.1) is 42.5 Å². The van der Waals surface area contributed by atoms with Crippen LogP contribution in [-0.2, 0) is 36.2 Å². The molecule has 0 atom stereocenters. The molecule has 6 aromatic carbocycles. The topological polar surface area (TPSA) is 72.8 Å². The zero-order chi connectivity index (χ0) is 62.9. The molecule has 0 aromatic heterocycles. The van der Waals surface area contributed by atoms with Gasteiger partial charge in [-0.3, -0.25) is 9.59 Å². The van der Waals surface area contributed by atoms with E-state index < -0.39 is 134 Å². The third-order valence-electron chi connectivity index (χ3n) is 8.88. The SMILES string of the molecule is C.C.CCOC(=O)Cc1cc(F)c(F)cc1F.CCOC(Cl)=Cc1cc(F)c(F)cc1F.Fc1cc(F)c(C#CCl)cc1F.Fc1cc(F)c(C(Cl)(Cl)CCl)cc1F.Fc1cc(F)c(C(Cl)=CCl)cc1F.I.O=C(O)Cc1cc(F)c(F)cc1F. The monoisotopic (exact) mass is 1480 g/mol. The summed E-state index contributed by atoms with van der Waals surface area (Å²) in [5.74, 6) is -20.8. The highest BCUT2D eigenvalue weighted by Crippen LogP contribution is 2.37. The predicted octanol–water partition coefficient (Wildman–Crippen LogP) is 20.0. The lowest BCUT2D eigenvalue weighted by Crippen LogP contribution is -2.15. The van der Waals surface area contributed by atoms with Crippen molar-refractivity contribution in [2.24, 2.45) is 0 Å². The number of aliphatic carboxylic acids is 1. The molecule has 0 unspecified atom stereocenters. The molecule has 0 saturated carbocycles. The molecule has 0 saturated heterocycles. The van der Waals surface area contributed by atoms with Crippen molar-refractivity contribution < 1.29 is 103 Å². The molecule has 6 aromatic rings. The molecule has 468 valence electrons. The Bertz CT molecular complexity index is 3330. The van der Waals surface area contributed by atoms with Gasteiger partial charge in [0.2, 0.25) is 0 Å². The highest BCUT2D eigenvalue weighted by molar-refractivity contribution is 14.0. The molecule has 0 aliphatic carbocycles. The zero-order valence-electron chi connectivity index (χ0n) is 41.1. The van der Waals surface area contributed by atoms with E-state index in [2.05, 4.69) is 10.7 Å². The minimum Gasteiger partial charge on any atom is -0.483 e. The van der Waals surface area contributed by atoms with Gasteiger partial charge < -0.3 is 14.6 Å². The molecule has 0 spiro atoms. The van der Waals surface area contributed by atoms with Gasteiger partial charge >= 0.3 is 11.9 Å². The number of esters is 1. The number of carboxylic acid groups (broad SMARTS) is 1. The first-order chi connectivity index (χ1) is 38.2. The third kappa shape index (κ3) is 28.8. The van der Waals surface area contributed by atoms with Gasteiger partial charge in [-0.2, -0.15) is 0 Å². The maximum absolute atomic E-state index is 13.1. The Morgan fingerprint density at radius 1 is 0.518 bits per heavy atom. The van der Waals surface area contributed by atoms with Crippen molar-refractivity contribution in [3.05, 3.63) is 222 Å². The van der Waals surface area contributed by atoms with Crippen LogP contribution in [-0.4, -0.2) is 36.1 Å². The third-order valence-corrected chi connectivity index (χ3v) is 11.2. The number of alkyl halides is 3. The lowest BCUT2D eigenvalue weighted by molar-refractivity contribution is -0.142. The van der Waals surface area contributed by atoms with Crippen LogP contribution in [0.1, 0.15) is 62.1 Å². The van der Waals surface area contributed by atoms with Crippen LogP contribution < -0.4 is 0 Å². The maximum Gasteiger partial charge on any atom is 0.310 e. The van der Waals surface area contributed by atoms with Crippen LogP contribution in [0, 0.1) is 116 Å². The number of benzene rings is 6. The lowest BCUT2D eigenvalue weighted by Gasteiger charge is -2.17. The number of carbonyl (C=O) groups excluding carboxylic acids is 1. The van der Waals surface area contributed by atoms with Crippen molar-refractivity contribution in [2.45, 2.75) is 45.9 Å². The highest BCUT2D eigenvalue weighted by atomic mass is 127. The second-order valence-corrected chi connectivity index (χ2v) is 17.6. The van der Waals surface area contributed by atoms with Gasteiger partial charge in [-0.15, -0.1) is 35.6 Å². The predicted molar refractivity (Wildman–Crippen MR) is 300 cm³/mol. The van der Waals surface area contributed by atoms with Crippen LogP contribution in [0.2, 0.25) is 0 Å². The van der Waals surface area contributed by atoms with Crippen LogP contribution in [0.4, 0.5) is 79.0 Å². The first kappa shape index (κ1) is 83.8. The van der Waals surface area contributed by atoms with E-state index in [1.807, 2.05) is 5.38 Å². The number of carbonyl (C=O) groups is 2. The minimum absolute atomic E-state index is 0. The van der Waals surface area contributed by atoms with Gasteiger partial charge in [0.1, 0.15) is 34.9 Å². The Balaban J connectivity index is -0.000000944. The van der Waals surface area contributed by atoms with E-state index in [1.165, 1.54) is 0 Å². The van der Waals surface area contributed by atoms with Gasteiger partial charge in [-0.25, -0.2) is 79.0 Å². The number of halogens is 26. The Hall–Kier alpha value is -5.40. The molecule has 6 rings (SSSR count). The molecule has 0 bridgehead atoms. The van der Waals surface area contributed by atoms with E-state index in [4.69, 9.17) is 91.0 Å². The normalized spacial score (nSPS) is 10.4. The summed E-state index contributed by atoms with van der Waals surface area (Å²) < 4.78 is 235. The summed E-state index contributed by atoms with van der Waals surface area (Å²) in [5.41, 5.74) is -0.780. The van der Waals surface area contributed by atoms with Crippen LogP contribution in [0.15, 0.2) is 83.5 Å². The molecular formula is C54H40Cl7F18IO5. The fourth-order valence-electron chi connectivity index (χ4n) is 5.19. The van der Waals surface area contributed by atoms with Crippen molar-refractivity contribution in [2.75, 3.05) is 19.1 Å². The molecule has 0 heterocycles. The molecule has 0 aliphatic rings.